The number of carbonyl (C=O) groups excluding carboxylic acids is 1. The molecule has 0 fully saturated rings. The molecular weight excluding hydrogens is 406 g/mol. The Bertz CT molecular complexity index is 1230. The first-order valence-corrected chi connectivity index (χ1v) is 11.5. The van der Waals surface area contributed by atoms with Crippen molar-refractivity contribution >= 4 is 43.6 Å². The van der Waals surface area contributed by atoms with Crippen LogP contribution >= 0.6 is 11.3 Å². The van der Waals surface area contributed by atoms with E-state index >= 15 is 0 Å². The van der Waals surface area contributed by atoms with Gasteiger partial charge in [-0.05, 0) is 56.3 Å². The number of para-hydroxylation sites is 2. The molecule has 2 aromatic heterocycles. The first-order valence-electron chi connectivity index (χ1n) is 10.6. The largest absolute Gasteiger partial charge is 0.302 e. The van der Waals surface area contributed by atoms with Gasteiger partial charge in [0.05, 0.1) is 27.4 Å². The van der Waals surface area contributed by atoms with Gasteiger partial charge in [0.1, 0.15) is 5.69 Å². The summed E-state index contributed by atoms with van der Waals surface area (Å²) in [5.74, 6) is -0.168. The van der Waals surface area contributed by atoms with Crippen LogP contribution in [0.25, 0.3) is 21.3 Å². The van der Waals surface area contributed by atoms with Gasteiger partial charge in [-0.25, -0.2) is 9.97 Å². The summed E-state index contributed by atoms with van der Waals surface area (Å²) in [5.41, 5.74) is 5.12. The number of benzene rings is 2. The highest BCUT2D eigenvalue weighted by Gasteiger charge is 2.24. The van der Waals surface area contributed by atoms with Crippen molar-refractivity contribution in [1.82, 2.24) is 19.9 Å². The van der Waals surface area contributed by atoms with E-state index in [2.05, 4.69) is 54.7 Å². The molecule has 0 saturated carbocycles. The fourth-order valence-corrected chi connectivity index (χ4v) is 4.78. The molecule has 6 nitrogen and oxygen atoms in total. The van der Waals surface area contributed by atoms with Gasteiger partial charge in [-0.1, -0.05) is 43.4 Å². The van der Waals surface area contributed by atoms with Crippen molar-refractivity contribution in [1.29, 1.82) is 0 Å². The lowest BCUT2D eigenvalue weighted by Crippen LogP contribution is -2.39. The van der Waals surface area contributed by atoms with Crippen LogP contribution in [0.5, 0.6) is 0 Å². The summed E-state index contributed by atoms with van der Waals surface area (Å²) in [5, 5.41) is 0.704. The molecule has 1 amide bonds. The first-order chi connectivity index (χ1) is 15.0. The summed E-state index contributed by atoms with van der Waals surface area (Å²) in [4.78, 5) is 31.5. The van der Waals surface area contributed by atoms with Crippen molar-refractivity contribution < 1.29 is 4.79 Å². The molecule has 4 rings (SSSR count). The van der Waals surface area contributed by atoms with E-state index in [1.54, 1.807) is 22.4 Å². The van der Waals surface area contributed by atoms with Gasteiger partial charge in [-0.2, -0.15) is 0 Å². The third-order valence-electron chi connectivity index (χ3n) is 5.49. The highest BCUT2D eigenvalue weighted by atomic mass is 32.1. The van der Waals surface area contributed by atoms with Crippen LogP contribution in [0, 0.1) is 13.8 Å². The molecule has 2 heterocycles. The fraction of sp³-hybridized carbons (Fsp3) is 0.333. The number of hydrogen-bond donors (Lipinski definition) is 0. The minimum Gasteiger partial charge on any atom is -0.302 e. The lowest BCUT2D eigenvalue weighted by atomic mass is 10.1. The number of carbonyl (C=O) groups is 1. The molecule has 0 aliphatic rings. The van der Waals surface area contributed by atoms with Gasteiger partial charge in [0, 0.05) is 13.1 Å². The van der Waals surface area contributed by atoms with E-state index in [9.17, 15) is 4.79 Å². The fourth-order valence-electron chi connectivity index (χ4n) is 3.74. The Morgan fingerprint density at radius 1 is 0.968 bits per heavy atom. The number of thiazole rings is 1. The van der Waals surface area contributed by atoms with Crippen LogP contribution in [0.2, 0.25) is 0 Å². The Balaban J connectivity index is 1.74. The highest BCUT2D eigenvalue weighted by Crippen LogP contribution is 2.32. The first kappa shape index (κ1) is 21.3. The van der Waals surface area contributed by atoms with Gasteiger partial charge in [0.15, 0.2) is 5.13 Å². The summed E-state index contributed by atoms with van der Waals surface area (Å²) in [7, 11) is 0. The molecular formula is C24H27N5OS. The molecule has 0 radical (unpaired) electrons. The average Bonchev–Trinajstić information content (AvgIpc) is 3.20. The predicted octanol–water partition coefficient (Wildman–Crippen LogP) is 4.84. The number of nitrogens with zero attached hydrogens (tertiary/aromatic N) is 5. The number of fused-ring (bicyclic) bond motifs is 2. The molecule has 0 bridgehead atoms. The van der Waals surface area contributed by atoms with Gasteiger partial charge in [-0.3, -0.25) is 14.7 Å². The van der Waals surface area contributed by atoms with E-state index in [1.807, 2.05) is 24.3 Å². The molecule has 160 valence electrons. The molecule has 0 aliphatic heterocycles. The molecule has 0 saturated heterocycles. The van der Waals surface area contributed by atoms with Gasteiger partial charge in [0.25, 0.3) is 5.91 Å². The van der Waals surface area contributed by atoms with Crippen LogP contribution in [0.4, 0.5) is 5.13 Å². The Morgan fingerprint density at radius 3 is 2.45 bits per heavy atom. The van der Waals surface area contributed by atoms with Gasteiger partial charge >= 0.3 is 0 Å². The van der Waals surface area contributed by atoms with Crippen molar-refractivity contribution in [2.24, 2.45) is 0 Å². The standard InChI is InChI=1S/C24H27N5OS/c1-5-28(6-2)11-12-29(24-27-20-14-16(3)13-17(4)22(20)31-24)23(30)21-15-25-18-9-7-8-10-19(18)26-21/h7-10,13-15H,5-6,11-12H2,1-4H3. The molecule has 4 aromatic rings. The minimum absolute atomic E-state index is 0.168. The Labute approximate surface area is 186 Å². The second kappa shape index (κ2) is 9.08. The quantitative estimate of drug-likeness (QED) is 0.417. The van der Waals surface area contributed by atoms with Gasteiger partial charge in [-0.15, -0.1) is 0 Å². The number of aryl methyl sites for hydroxylation is 2. The third kappa shape index (κ3) is 4.43. The zero-order valence-electron chi connectivity index (χ0n) is 18.4. The summed E-state index contributed by atoms with van der Waals surface area (Å²) >= 11 is 1.56. The summed E-state index contributed by atoms with van der Waals surface area (Å²) in [6.45, 7) is 11.6. The molecule has 0 unspecified atom stereocenters. The zero-order valence-corrected chi connectivity index (χ0v) is 19.2. The van der Waals surface area contributed by atoms with Crippen LogP contribution < -0.4 is 4.90 Å². The number of aromatic nitrogens is 3. The van der Waals surface area contributed by atoms with Crippen LogP contribution in [0.3, 0.4) is 0 Å². The smallest absolute Gasteiger partial charge is 0.280 e. The monoisotopic (exact) mass is 433 g/mol. The number of likely N-dealkylation sites (N-methyl/N-ethyl adjacent to an activating group) is 1. The van der Waals surface area contributed by atoms with E-state index in [4.69, 9.17) is 4.98 Å². The normalized spacial score (nSPS) is 11.5. The topological polar surface area (TPSA) is 62.2 Å². The summed E-state index contributed by atoms with van der Waals surface area (Å²) < 4.78 is 1.12. The SMILES string of the molecule is CCN(CC)CCN(C(=O)c1cnc2ccccc2n1)c1nc2cc(C)cc(C)c2s1. The van der Waals surface area contributed by atoms with E-state index < -0.39 is 0 Å². The third-order valence-corrected chi connectivity index (χ3v) is 6.72. The zero-order chi connectivity index (χ0) is 22.0. The van der Waals surface area contributed by atoms with Gasteiger partial charge in [0.2, 0.25) is 0 Å². The van der Waals surface area contributed by atoms with E-state index in [-0.39, 0.29) is 5.91 Å². The Morgan fingerprint density at radius 2 is 1.71 bits per heavy atom. The lowest BCUT2D eigenvalue weighted by Gasteiger charge is -2.24. The van der Waals surface area contributed by atoms with Crippen molar-refractivity contribution in [2.75, 3.05) is 31.1 Å². The van der Waals surface area contributed by atoms with Crippen LogP contribution in [0.1, 0.15) is 35.5 Å². The van der Waals surface area contributed by atoms with Crippen molar-refractivity contribution in [3.63, 3.8) is 0 Å². The highest BCUT2D eigenvalue weighted by molar-refractivity contribution is 7.22. The average molecular weight is 434 g/mol. The molecule has 7 heteroatoms. The maximum absolute atomic E-state index is 13.6. The molecule has 31 heavy (non-hydrogen) atoms. The molecule has 0 spiro atoms. The van der Waals surface area contributed by atoms with E-state index in [0.29, 0.717) is 22.9 Å². The lowest BCUT2D eigenvalue weighted by molar-refractivity contribution is 0.0979. The Kier molecular flexibility index (Phi) is 6.25. The van der Waals surface area contributed by atoms with Crippen LogP contribution in [-0.4, -0.2) is 51.9 Å². The van der Waals surface area contributed by atoms with Crippen molar-refractivity contribution in [3.8, 4) is 0 Å². The van der Waals surface area contributed by atoms with Crippen molar-refractivity contribution in [2.45, 2.75) is 27.7 Å². The number of rotatable bonds is 7. The molecule has 2 aromatic carbocycles. The second-order valence-corrected chi connectivity index (χ2v) is 8.63. The number of hydrogen-bond acceptors (Lipinski definition) is 6. The molecule has 0 N–H and O–H groups in total. The second-order valence-electron chi connectivity index (χ2n) is 7.65. The van der Waals surface area contributed by atoms with E-state index in [1.165, 1.54) is 11.1 Å². The summed E-state index contributed by atoms with van der Waals surface area (Å²) in [6.07, 6.45) is 1.57. The minimum atomic E-state index is -0.168. The van der Waals surface area contributed by atoms with E-state index in [0.717, 1.165) is 35.4 Å². The molecule has 0 aliphatic carbocycles. The summed E-state index contributed by atoms with van der Waals surface area (Å²) in [6, 6.07) is 11.8. The van der Waals surface area contributed by atoms with Gasteiger partial charge < -0.3 is 4.90 Å². The Hall–Kier alpha value is -2.90. The maximum Gasteiger partial charge on any atom is 0.280 e. The number of amides is 1. The maximum atomic E-state index is 13.6. The number of anilines is 1. The van der Waals surface area contributed by atoms with Crippen molar-refractivity contribution in [3.05, 3.63) is 59.4 Å². The van der Waals surface area contributed by atoms with Crippen LogP contribution in [-0.2, 0) is 0 Å². The van der Waals surface area contributed by atoms with Crippen LogP contribution in [0.15, 0.2) is 42.6 Å². The molecule has 0 atom stereocenters. The predicted molar refractivity (Wildman–Crippen MR) is 128 cm³/mol.